The van der Waals surface area contributed by atoms with E-state index in [0.29, 0.717) is 22.5 Å². The Labute approximate surface area is 116 Å². The maximum atomic E-state index is 13.7. The lowest BCUT2D eigenvalue weighted by Gasteiger charge is -2.09. The fourth-order valence-corrected chi connectivity index (χ4v) is 1.70. The van der Waals surface area contributed by atoms with Gasteiger partial charge >= 0.3 is 7.12 Å². The molecule has 0 heterocycles. The van der Waals surface area contributed by atoms with Crippen LogP contribution in [0, 0.1) is 5.82 Å². The summed E-state index contributed by atoms with van der Waals surface area (Å²) in [4.78, 5) is 0. The number of methoxy groups -OCH3 is 1. The first-order chi connectivity index (χ1) is 9.60. The minimum Gasteiger partial charge on any atom is -0.497 e. The molecule has 0 fully saturated rings. The van der Waals surface area contributed by atoms with Gasteiger partial charge in [0, 0.05) is 11.6 Å². The van der Waals surface area contributed by atoms with Gasteiger partial charge in [-0.15, -0.1) is 0 Å². The molecule has 0 bridgehead atoms. The fraction of sp³-hybridized carbons (Fsp3) is 0.143. The standard InChI is InChI=1S/C14H14BFO4/c1-19-12-6-5-10(14(16)8-12)9-20-13-4-2-3-11(7-13)15(17)18/h2-8,17-18H,9H2,1H3. The van der Waals surface area contributed by atoms with Gasteiger partial charge in [-0.3, -0.25) is 0 Å². The average molecular weight is 276 g/mol. The molecule has 0 saturated carbocycles. The van der Waals surface area contributed by atoms with Crippen LogP contribution in [0.1, 0.15) is 5.56 Å². The Kier molecular flexibility index (Phi) is 4.60. The van der Waals surface area contributed by atoms with E-state index >= 15 is 0 Å². The van der Waals surface area contributed by atoms with E-state index in [1.165, 1.54) is 19.2 Å². The molecule has 0 amide bonds. The van der Waals surface area contributed by atoms with Gasteiger partial charge in [-0.1, -0.05) is 12.1 Å². The monoisotopic (exact) mass is 276 g/mol. The SMILES string of the molecule is COc1ccc(COc2cccc(B(O)O)c2)c(F)c1. The number of hydrogen-bond acceptors (Lipinski definition) is 4. The molecule has 0 aliphatic rings. The van der Waals surface area contributed by atoms with Crippen molar-refractivity contribution in [1.29, 1.82) is 0 Å². The summed E-state index contributed by atoms with van der Waals surface area (Å²) in [5.41, 5.74) is 0.707. The van der Waals surface area contributed by atoms with Crippen LogP contribution in [-0.2, 0) is 6.61 Å². The molecular formula is C14H14BFO4. The molecule has 2 aromatic carbocycles. The molecule has 2 N–H and O–H groups in total. The third kappa shape index (κ3) is 3.49. The molecule has 0 aromatic heterocycles. The van der Waals surface area contributed by atoms with E-state index in [-0.39, 0.29) is 6.61 Å². The second-order valence-corrected chi connectivity index (χ2v) is 4.19. The van der Waals surface area contributed by atoms with Crippen molar-refractivity contribution < 1.29 is 23.9 Å². The Morgan fingerprint density at radius 1 is 1.10 bits per heavy atom. The zero-order valence-electron chi connectivity index (χ0n) is 10.9. The maximum Gasteiger partial charge on any atom is 0.488 e. The first-order valence-corrected chi connectivity index (χ1v) is 6.01. The summed E-state index contributed by atoms with van der Waals surface area (Å²) in [6, 6.07) is 10.9. The van der Waals surface area contributed by atoms with Gasteiger partial charge in [-0.25, -0.2) is 4.39 Å². The lowest BCUT2D eigenvalue weighted by Crippen LogP contribution is -2.29. The summed E-state index contributed by atoms with van der Waals surface area (Å²) in [6.45, 7) is 0.0425. The maximum absolute atomic E-state index is 13.7. The predicted molar refractivity (Wildman–Crippen MR) is 73.6 cm³/mol. The number of hydrogen-bond donors (Lipinski definition) is 2. The predicted octanol–water partition coefficient (Wildman–Crippen LogP) is 1.09. The third-order valence-corrected chi connectivity index (χ3v) is 2.81. The first kappa shape index (κ1) is 14.4. The minimum atomic E-state index is -1.56. The molecule has 0 radical (unpaired) electrons. The summed E-state index contributed by atoms with van der Waals surface area (Å²) < 4.78 is 24.1. The summed E-state index contributed by atoms with van der Waals surface area (Å²) in [7, 11) is -0.0901. The molecule has 0 aliphatic heterocycles. The Balaban J connectivity index is 2.07. The summed E-state index contributed by atoms with van der Waals surface area (Å²) in [6.07, 6.45) is 0. The van der Waals surface area contributed by atoms with Crippen molar-refractivity contribution in [2.45, 2.75) is 6.61 Å². The first-order valence-electron chi connectivity index (χ1n) is 6.01. The van der Waals surface area contributed by atoms with Gasteiger partial charge in [0.2, 0.25) is 0 Å². The molecule has 2 rings (SSSR count). The average Bonchev–Trinajstić information content (AvgIpc) is 2.46. The zero-order chi connectivity index (χ0) is 14.5. The number of ether oxygens (including phenoxy) is 2. The highest BCUT2D eigenvalue weighted by molar-refractivity contribution is 6.58. The number of benzene rings is 2. The second-order valence-electron chi connectivity index (χ2n) is 4.19. The van der Waals surface area contributed by atoms with Crippen LogP contribution < -0.4 is 14.9 Å². The van der Waals surface area contributed by atoms with E-state index in [9.17, 15) is 4.39 Å². The van der Waals surface area contributed by atoms with Gasteiger partial charge in [0.05, 0.1) is 7.11 Å². The molecule has 0 unspecified atom stereocenters. The zero-order valence-corrected chi connectivity index (χ0v) is 10.9. The van der Waals surface area contributed by atoms with E-state index in [4.69, 9.17) is 19.5 Å². The summed E-state index contributed by atoms with van der Waals surface area (Å²) in [5.74, 6) is 0.463. The smallest absolute Gasteiger partial charge is 0.488 e. The normalized spacial score (nSPS) is 10.2. The summed E-state index contributed by atoms with van der Waals surface area (Å²) >= 11 is 0. The van der Waals surface area contributed by atoms with Crippen molar-refractivity contribution in [3.05, 3.63) is 53.8 Å². The highest BCUT2D eigenvalue weighted by Crippen LogP contribution is 2.18. The quantitative estimate of drug-likeness (QED) is 0.803. The van der Waals surface area contributed by atoms with Crippen LogP contribution in [0.5, 0.6) is 11.5 Å². The van der Waals surface area contributed by atoms with Crippen molar-refractivity contribution in [2.24, 2.45) is 0 Å². The molecule has 4 nitrogen and oxygen atoms in total. The van der Waals surface area contributed by atoms with Gasteiger partial charge < -0.3 is 19.5 Å². The molecule has 6 heteroatoms. The van der Waals surface area contributed by atoms with Crippen LogP contribution >= 0.6 is 0 Å². The van der Waals surface area contributed by atoms with Crippen molar-refractivity contribution >= 4 is 12.6 Å². The van der Waals surface area contributed by atoms with Crippen LogP contribution in [0.25, 0.3) is 0 Å². The minimum absolute atomic E-state index is 0.0425. The lowest BCUT2D eigenvalue weighted by atomic mass is 9.80. The van der Waals surface area contributed by atoms with Crippen molar-refractivity contribution in [2.75, 3.05) is 7.11 Å². The molecule has 2 aromatic rings. The highest BCUT2D eigenvalue weighted by atomic mass is 19.1. The summed E-state index contributed by atoms with van der Waals surface area (Å²) in [5, 5.41) is 18.1. The van der Waals surface area contributed by atoms with Gasteiger partial charge in [-0.2, -0.15) is 0 Å². The van der Waals surface area contributed by atoms with Crippen LogP contribution in [-0.4, -0.2) is 24.3 Å². The Hall–Kier alpha value is -2.05. The number of rotatable bonds is 5. The largest absolute Gasteiger partial charge is 0.497 e. The van der Waals surface area contributed by atoms with Crippen LogP contribution in [0.2, 0.25) is 0 Å². The van der Waals surface area contributed by atoms with E-state index in [0.717, 1.165) is 0 Å². The topological polar surface area (TPSA) is 58.9 Å². The molecular weight excluding hydrogens is 262 g/mol. The van der Waals surface area contributed by atoms with E-state index < -0.39 is 12.9 Å². The Morgan fingerprint density at radius 2 is 1.90 bits per heavy atom. The van der Waals surface area contributed by atoms with Crippen LogP contribution in [0.4, 0.5) is 4.39 Å². The van der Waals surface area contributed by atoms with Gasteiger partial charge in [-0.05, 0) is 29.7 Å². The Bertz CT molecular complexity index is 589. The molecule has 20 heavy (non-hydrogen) atoms. The molecule has 0 spiro atoms. The van der Waals surface area contributed by atoms with Crippen molar-refractivity contribution in [3.63, 3.8) is 0 Å². The highest BCUT2D eigenvalue weighted by Gasteiger charge is 2.11. The van der Waals surface area contributed by atoms with Crippen molar-refractivity contribution in [1.82, 2.24) is 0 Å². The molecule has 0 saturated heterocycles. The van der Waals surface area contributed by atoms with E-state index in [1.807, 2.05) is 0 Å². The molecule has 0 atom stereocenters. The van der Waals surface area contributed by atoms with Gasteiger partial charge in [0.1, 0.15) is 23.9 Å². The van der Waals surface area contributed by atoms with Gasteiger partial charge in [0.25, 0.3) is 0 Å². The fourth-order valence-electron chi connectivity index (χ4n) is 1.70. The van der Waals surface area contributed by atoms with Crippen LogP contribution in [0.3, 0.4) is 0 Å². The van der Waals surface area contributed by atoms with E-state index in [2.05, 4.69) is 0 Å². The second kappa shape index (κ2) is 6.41. The number of halogens is 1. The third-order valence-electron chi connectivity index (χ3n) is 2.81. The lowest BCUT2D eigenvalue weighted by molar-refractivity contribution is 0.299. The molecule has 104 valence electrons. The van der Waals surface area contributed by atoms with E-state index in [1.54, 1.807) is 30.3 Å². The van der Waals surface area contributed by atoms with Gasteiger partial charge in [0.15, 0.2) is 0 Å². The Morgan fingerprint density at radius 3 is 2.55 bits per heavy atom. The molecule has 0 aliphatic carbocycles. The van der Waals surface area contributed by atoms with Crippen molar-refractivity contribution in [3.8, 4) is 11.5 Å². The van der Waals surface area contributed by atoms with Crippen LogP contribution in [0.15, 0.2) is 42.5 Å².